The van der Waals surface area contributed by atoms with Gasteiger partial charge in [-0.1, -0.05) is 24.3 Å². The molecule has 0 radical (unpaired) electrons. The molecular weight excluding hydrogens is 452 g/mol. The standard InChI is InChI=1S/C30H28N2O4/c1-35-29-17-23(9-15-27(29)33)19-31-25-11-5-21(6-12-25)3-4-22-7-13-26(14-8-22)32-20-24-10-16-28(34)30(18-24)36-2/h5-20,33-34H,3-4H2,1-2H3. The molecule has 0 aliphatic carbocycles. The van der Waals surface area contributed by atoms with Gasteiger partial charge in [-0.05, 0) is 95.8 Å². The molecule has 0 fully saturated rings. The number of aromatic hydroxyl groups is 2. The Balaban J connectivity index is 1.31. The molecule has 0 bridgehead atoms. The van der Waals surface area contributed by atoms with Gasteiger partial charge in [0.25, 0.3) is 0 Å². The largest absolute Gasteiger partial charge is 0.504 e. The Morgan fingerprint density at radius 1 is 0.583 bits per heavy atom. The van der Waals surface area contributed by atoms with Gasteiger partial charge in [-0.3, -0.25) is 9.98 Å². The lowest BCUT2D eigenvalue weighted by Gasteiger charge is -2.05. The molecule has 182 valence electrons. The minimum Gasteiger partial charge on any atom is -0.504 e. The summed E-state index contributed by atoms with van der Waals surface area (Å²) in [6.07, 6.45) is 5.35. The molecule has 0 atom stereocenters. The summed E-state index contributed by atoms with van der Waals surface area (Å²) in [5.74, 6) is 1.06. The molecule has 4 rings (SSSR count). The molecule has 0 spiro atoms. The molecule has 0 aliphatic heterocycles. The topological polar surface area (TPSA) is 83.6 Å². The van der Waals surface area contributed by atoms with Crippen molar-refractivity contribution in [3.05, 3.63) is 107 Å². The number of hydrogen-bond donors (Lipinski definition) is 2. The number of aliphatic imine (C=N–C) groups is 2. The molecule has 2 N–H and O–H groups in total. The Hall–Kier alpha value is -4.58. The predicted octanol–water partition coefficient (Wildman–Crippen LogP) is 6.40. The summed E-state index contributed by atoms with van der Waals surface area (Å²) < 4.78 is 10.3. The van der Waals surface area contributed by atoms with Crippen molar-refractivity contribution in [1.82, 2.24) is 0 Å². The Kier molecular flexibility index (Phi) is 7.98. The third-order valence-electron chi connectivity index (χ3n) is 5.71. The maximum atomic E-state index is 9.70. The highest BCUT2D eigenvalue weighted by molar-refractivity contribution is 5.83. The van der Waals surface area contributed by atoms with Crippen LogP contribution < -0.4 is 9.47 Å². The van der Waals surface area contributed by atoms with Crippen LogP contribution in [0.25, 0.3) is 0 Å². The normalized spacial score (nSPS) is 11.3. The molecule has 0 saturated carbocycles. The lowest BCUT2D eigenvalue weighted by molar-refractivity contribution is 0.373. The van der Waals surface area contributed by atoms with Gasteiger partial charge >= 0.3 is 0 Å². The van der Waals surface area contributed by atoms with Crippen LogP contribution >= 0.6 is 0 Å². The number of rotatable bonds is 9. The monoisotopic (exact) mass is 480 g/mol. The molecule has 0 saturated heterocycles. The van der Waals surface area contributed by atoms with Crippen molar-refractivity contribution in [3.8, 4) is 23.0 Å². The minimum absolute atomic E-state index is 0.108. The van der Waals surface area contributed by atoms with Gasteiger partial charge in [-0.15, -0.1) is 0 Å². The van der Waals surface area contributed by atoms with Crippen molar-refractivity contribution in [3.63, 3.8) is 0 Å². The minimum atomic E-state index is 0.108. The van der Waals surface area contributed by atoms with E-state index >= 15 is 0 Å². The highest BCUT2D eigenvalue weighted by Gasteiger charge is 2.03. The number of ether oxygens (including phenoxy) is 2. The van der Waals surface area contributed by atoms with Gasteiger partial charge in [0.15, 0.2) is 23.0 Å². The van der Waals surface area contributed by atoms with E-state index in [4.69, 9.17) is 9.47 Å². The molecule has 4 aromatic carbocycles. The van der Waals surface area contributed by atoms with E-state index in [9.17, 15) is 10.2 Å². The second kappa shape index (κ2) is 11.7. The number of methoxy groups -OCH3 is 2. The van der Waals surface area contributed by atoms with Crippen molar-refractivity contribution < 1.29 is 19.7 Å². The van der Waals surface area contributed by atoms with Crippen LogP contribution in [0.2, 0.25) is 0 Å². The lowest BCUT2D eigenvalue weighted by Crippen LogP contribution is -1.91. The maximum absolute atomic E-state index is 9.70. The van der Waals surface area contributed by atoms with Crippen LogP contribution in [0.15, 0.2) is 94.9 Å². The summed E-state index contributed by atoms with van der Waals surface area (Å²) >= 11 is 0. The number of aryl methyl sites for hydroxylation is 2. The van der Waals surface area contributed by atoms with E-state index in [0.717, 1.165) is 35.3 Å². The molecule has 6 nitrogen and oxygen atoms in total. The van der Waals surface area contributed by atoms with E-state index in [-0.39, 0.29) is 11.5 Å². The number of nitrogens with zero attached hydrogens (tertiary/aromatic N) is 2. The van der Waals surface area contributed by atoms with Gasteiger partial charge in [-0.25, -0.2) is 0 Å². The Labute approximate surface area is 210 Å². The summed E-state index contributed by atoms with van der Waals surface area (Å²) in [7, 11) is 3.04. The number of benzene rings is 4. The Morgan fingerprint density at radius 3 is 1.33 bits per heavy atom. The van der Waals surface area contributed by atoms with E-state index in [2.05, 4.69) is 34.3 Å². The zero-order valence-electron chi connectivity index (χ0n) is 20.3. The van der Waals surface area contributed by atoms with E-state index < -0.39 is 0 Å². The molecule has 0 aliphatic rings. The van der Waals surface area contributed by atoms with Gasteiger partial charge in [-0.2, -0.15) is 0 Å². The molecular formula is C30H28N2O4. The highest BCUT2D eigenvalue weighted by atomic mass is 16.5. The van der Waals surface area contributed by atoms with E-state index in [1.807, 2.05) is 24.3 Å². The molecule has 36 heavy (non-hydrogen) atoms. The Bertz CT molecular complexity index is 1250. The number of phenols is 2. The summed E-state index contributed by atoms with van der Waals surface area (Å²) in [5, 5.41) is 19.4. The summed E-state index contributed by atoms with van der Waals surface area (Å²) in [4.78, 5) is 9.02. The van der Waals surface area contributed by atoms with Crippen LogP contribution in [0.5, 0.6) is 23.0 Å². The zero-order chi connectivity index (χ0) is 25.3. The lowest BCUT2D eigenvalue weighted by atomic mass is 10.0. The molecule has 0 amide bonds. The number of phenolic OH excluding ortho intramolecular Hbond substituents is 2. The van der Waals surface area contributed by atoms with Crippen LogP contribution in [-0.2, 0) is 12.8 Å². The number of hydrogen-bond acceptors (Lipinski definition) is 6. The van der Waals surface area contributed by atoms with Crippen molar-refractivity contribution in [2.75, 3.05) is 14.2 Å². The average Bonchev–Trinajstić information content (AvgIpc) is 2.92. The van der Waals surface area contributed by atoms with E-state index in [1.54, 1.807) is 48.8 Å². The van der Waals surface area contributed by atoms with E-state index in [1.165, 1.54) is 25.3 Å². The fourth-order valence-corrected chi connectivity index (χ4v) is 3.63. The summed E-state index contributed by atoms with van der Waals surface area (Å²) in [6, 6.07) is 26.6. The predicted molar refractivity (Wildman–Crippen MR) is 144 cm³/mol. The Morgan fingerprint density at radius 2 is 0.972 bits per heavy atom. The molecule has 0 aromatic heterocycles. The van der Waals surface area contributed by atoms with Gasteiger partial charge < -0.3 is 19.7 Å². The van der Waals surface area contributed by atoms with E-state index in [0.29, 0.717) is 11.5 Å². The summed E-state index contributed by atoms with van der Waals surface area (Å²) in [6.45, 7) is 0. The molecule has 0 heterocycles. The quantitative estimate of drug-likeness (QED) is 0.272. The maximum Gasteiger partial charge on any atom is 0.161 e. The summed E-state index contributed by atoms with van der Waals surface area (Å²) in [5.41, 5.74) is 5.90. The third kappa shape index (κ3) is 6.51. The first-order valence-corrected chi connectivity index (χ1v) is 11.5. The molecule has 4 aromatic rings. The van der Waals surface area contributed by atoms with Crippen molar-refractivity contribution in [1.29, 1.82) is 0 Å². The fraction of sp³-hybridized carbons (Fsp3) is 0.133. The third-order valence-corrected chi connectivity index (χ3v) is 5.71. The van der Waals surface area contributed by atoms with Gasteiger partial charge in [0, 0.05) is 12.4 Å². The van der Waals surface area contributed by atoms with Crippen LogP contribution in [-0.4, -0.2) is 36.9 Å². The van der Waals surface area contributed by atoms with Crippen molar-refractivity contribution >= 4 is 23.8 Å². The smallest absolute Gasteiger partial charge is 0.161 e. The van der Waals surface area contributed by atoms with Gasteiger partial charge in [0.05, 0.1) is 25.6 Å². The van der Waals surface area contributed by atoms with Crippen LogP contribution in [0.1, 0.15) is 22.3 Å². The first kappa shape index (κ1) is 24.5. The zero-order valence-corrected chi connectivity index (χ0v) is 20.3. The van der Waals surface area contributed by atoms with Crippen LogP contribution in [0, 0.1) is 0 Å². The first-order valence-electron chi connectivity index (χ1n) is 11.5. The highest BCUT2D eigenvalue weighted by Crippen LogP contribution is 2.27. The average molecular weight is 481 g/mol. The second-order valence-electron chi connectivity index (χ2n) is 8.21. The SMILES string of the molecule is COc1cc(C=Nc2ccc(CCc3ccc(N=Cc4ccc(O)c(OC)c4)cc3)cc2)ccc1O. The van der Waals surface area contributed by atoms with Crippen molar-refractivity contribution in [2.24, 2.45) is 9.98 Å². The molecule has 6 heteroatoms. The second-order valence-corrected chi connectivity index (χ2v) is 8.21. The molecule has 0 unspecified atom stereocenters. The van der Waals surface area contributed by atoms with Crippen LogP contribution in [0.3, 0.4) is 0 Å². The van der Waals surface area contributed by atoms with Gasteiger partial charge in [0.1, 0.15) is 0 Å². The van der Waals surface area contributed by atoms with Crippen LogP contribution in [0.4, 0.5) is 11.4 Å². The fourth-order valence-electron chi connectivity index (χ4n) is 3.63. The van der Waals surface area contributed by atoms with Crippen molar-refractivity contribution in [2.45, 2.75) is 12.8 Å². The van der Waals surface area contributed by atoms with Gasteiger partial charge in [0.2, 0.25) is 0 Å². The first-order chi connectivity index (χ1) is 17.5.